The number of benzene rings is 1. The first kappa shape index (κ1) is 12.6. The van der Waals surface area contributed by atoms with E-state index in [0.29, 0.717) is 13.2 Å². The zero-order chi connectivity index (χ0) is 13.6. The molecule has 0 amide bonds. The van der Waals surface area contributed by atoms with Crippen LogP contribution < -0.4 is 0 Å². The molecule has 1 fully saturated rings. The van der Waals surface area contributed by atoms with Crippen molar-refractivity contribution in [1.82, 2.24) is 9.78 Å². The quantitative estimate of drug-likeness (QED) is 0.855. The molecular formula is C15H20N2O2. The summed E-state index contributed by atoms with van der Waals surface area (Å²) in [4.78, 5) is 0. The molecule has 2 unspecified atom stereocenters. The largest absolute Gasteiger partial charge is 0.388 e. The molecule has 102 valence electrons. The van der Waals surface area contributed by atoms with Gasteiger partial charge in [-0.1, -0.05) is 26.8 Å². The van der Waals surface area contributed by atoms with Crippen molar-refractivity contribution in [2.24, 2.45) is 0 Å². The normalized spacial score (nSPS) is 24.2. The Balaban J connectivity index is 2.05. The molecule has 4 nitrogen and oxygen atoms in total. The fourth-order valence-electron chi connectivity index (χ4n) is 2.55. The SMILES string of the molecule is CC(C)(C)c1ccc2c(cnn2C2COCC2O)c1. The van der Waals surface area contributed by atoms with E-state index < -0.39 is 6.10 Å². The fraction of sp³-hybridized carbons (Fsp3) is 0.533. The maximum absolute atomic E-state index is 9.92. The summed E-state index contributed by atoms with van der Waals surface area (Å²) in [5.74, 6) is 0. The second-order valence-electron chi connectivity index (χ2n) is 6.28. The Kier molecular flexibility index (Phi) is 2.87. The molecule has 1 saturated heterocycles. The van der Waals surface area contributed by atoms with Gasteiger partial charge in [-0.05, 0) is 23.1 Å². The number of aliphatic hydroxyl groups excluding tert-OH is 1. The van der Waals surface area contributed by atoms with Gasteiger partial charge in [-0.15, -0.1) is 0 Å². The molecule has 0 radical (unpaired) electrons. The molecule has 1 N–H and O–H groups in total. The first-order valence-corrected chi connectivity index (χ1v) is 6.70. The van der Waals surface area contributed by atoms with Crippen LogP contribution in [-0.4, -0.2) is 34.2 Å². The van der Waals surface area contributed by atoms with Crippen molar-refractivity contribution in [3.05, 3.63) is 30.0 Å². The maximum Gasteiger partial charge on any atom is 0.104 e. The Bertz CT molecular complexity index is 598. The molecule has 4 heteroatoms. The number of nitrogens with zero attached hydrogens (tertiary/aromatic N) is 2. The number of aromatic nitrogens is 2. The molecule has 2 atom stereocenters. The van der Waals surface area contributed by atoms with E-state index in [2.05, 4.69) is 44.1 Å². The van der Waals surface area contributed by atoms with E-state index in [1.807, 2.05) is 10.9 Å². The van der Waals surface area contributed by atoms with Crippen LogP contribution in [0.1, 0.15) is 32.4 Å². The topological polar surface area (TPSA) is 47.3 Å². The number of hydrogen-bond acceptors (Lipinski definition) is 3. The lowest BCUT2D eigenvalue weighted by Gasteiger charge is -2.19. The molecule has 0 bridgehead atoms. The third kappa shape index (κ3) is 2.15. The Morgan fingerprint density at radius 1 is 1.32 bits per heavy atom. The van der Waals surface area contributed by atoms with Gasteiger partial charge in [0.2, 0.25) is 0 Å². The number of rotatable bonds is 1. The predicted octanol–water partition coefficient (Wildman–Crippen LogP) is 2.27. The summed E-state index contributed by atoms with van der Waals surface area (Å²) in [7, 11) is 0. The lowest BCUT2D eigenvalue weighted by atomic mass is 9.86. The smallest absolute Gasteiger partial charge is 0.104 e. The Hall–Kier alpha value is -1.39. The summed E-state index contributed by atoms with van der Waals surface area (Å²) in [6.07, 6.45) is 1.40. The molecular weight excluding hydrogens is 240 g/mol. The summed E-state index contributed by atoms with van der Waals surface area (Å²) in [5, 5.41) is 15.5. The number of aliphatic hydroxyl groups is 1. The molecule has 19 heavy (non-hydrogen) atoms. The van der Waals surface area contributed by atoms with Gasteiger partial charge in [-0.3, -0.25) is 4.68 Å². The summed E-state index contributed by atoms with van der Waals surface area (Å²) in [6, 6.07) is 6.34. The Labute approximate surface area is 113 Å². The van der Waals surface area contributed by atoms with Crippen molar-refractivity contribution in [3.8, 4) is 0 Å². The highest BCUT2D eigenvalue weighted by atomic mass is 16.5. The summed E-state index contributed by atoms with van der Waals surface area (Å²) in [5.41, 5.74) is 2.48. The maximum atomic E-state index is 9.92. The minimum Gasteiger partial charge on any atom is -0.388 e. The second-order valence-corrected chi connectivity index (χ2v) is 6.28. The van der Waals surface area contributed by atoms with E-state index in [0.717, 1.165) is 10.9 Å². The highest BCUT2D eigenvalue weighted by Gasteiger charge is 2.29. The van der Waals surface area contributed by atoms with Crippen LogP contribution in [0.3, 0.4) is 0 Å². The molecule has 3 rings (SSSR count). The summed E-state index contributed by atoms with van der Waals surface area (Å²) >= 11 is 0. The number of hydrogen-bond donors (Lipinski definition) is 1. The lowest BCUT2D eigenvalue weighted by Crippen LogP contribution is -2.22. The standard InChI is InChI=1S/C15H20N2O2/c1-15(2,3)11-4-5-12-10(6-11)7-16-17(12)13-8-19-9-14(13)18/h4-7,13-14,18H,8-9H2,1-3H3. The van der Waals surface area contributed by atoms with Crippen molar-refractivity contribution in [3.63, 3.8) is 0 Å². The van der Waals surface area contributed by atoms with Gasteiger partial charge in [0.1, 0.15) is 12.1 Å². The van der Waals surface area contributed by atoms with Crippen molar-refractivity contribution in [2.45, 2.75) is 38.3 Å². The molecule has 2 heterocycles. The van der Waals surface area contributed by atoms with Crippen LogP contribution in [0, 0.1) is 0 Å². The molecule has 0 saturated carbocycles. The van der Waals surface area contributed by atoms with Crippen molar-refractivity contribution >= 4 is 10.9 Å². The van der Waals surface area contributed by atoms with E-state index in [1.165, 1.54) is 5.56 Å². The average Bonchev–Trinajstić information content (AvgIpc) is 2.92. The summed E-state index contributed by atoms with van der Waals surface area (Å²) in [6.45, 7) is 7.53. The van der Waals surface area contributed by atoms with Crippen LogP contribution in [-0.2, 0) is 10.2 Å². The van der Waals surface area contributed by atoms with Gasteiger partial charge in [-0.2, -0.15) is 5.10 Å². The highest BCUT2D eigenvalue weighted by Crippen LogP contribution is 2.28. The molecule has 0 aliphatic carbocycles. The number of fused-ring (bicyclic) bond motifs is 1. The zero-order valence-corrected chi connectivity index (χ0v) is 11.6. The zero-order valence-electron chi connectivity index (χ0n) is 11.6. The van der Waals surface area contributed by atoms with Gasteiger partial charge in [0.05, 0.1) is 24.9 Å². The first-order chi connectivity index (χ1) is 8.97. The van der Waals surface area contributed by atoms with Crippen LogP contribution in [0.25, 0.3) is 10.9 Å². The highest BCUT2D eigenvalue weighted by molar-refractivity contribution is 5.79. The lowest BCUT2D eigenvalue weighted by molar-refractivity contribution is 0.118. The second kappa shape index (κ2) is 4.32. The summed E-state index contributed by atoms with van der Waals surface area (Å²) < 4.78 is 7.20. The minimum absolute atomic E-state index is 0.0713. The Morgan fingerprint density at radius 2 is 2.11 bits per heavy atom. The van der Waals surface area contributed by atoms with Crippen LogP contribution in [0.15, 0.2) is 24.4 Å². The van der Waals surface area contributed by atoms with Gasteiger partial charge in [0, 0.05) is 5.39 Å². The number of ether oxygens (including phenoxy) is 1. The van der Waals surface area contributed by atoms with E-state index in [9.17, 15) is 5.11 Å². The minimum atomic E-state index is -0.467. The van der Waals surface area contributed by atoms with Crippen molar-refractivity contribution < 1.29 is 9.84 Å². The third-order valence-corrected chi connectivity index (χ3v) is 3.80. The molecule has 1 aromatic heterocycles. The van der Waals surface area contributed by atoms with Gasteiger partial charge in [0.15, 0.2) is 0 Å². The van der Waals surface area contributed by atoms with Gasteiger partial charge in [0.25, 0.3) is 0 Å². The average molecular weight is 260 g/mol. The molecule has 1 aliphatic heterocycles. The fourth-order valence-corrected chi connectivity index (χ4v) is 2.55. The molecule has 0 spiro atoms. The van der Waals surface area contributed by atoms with Gasteiger partial charge < -0.3 is 9.84 Å². The van der Waals surface area contributed by atoms with Crippen molar-refractivity contribution in [2.75, 3.05) is 13.2 Å². The van der Waals surface area contributed by atoms with Crippen LogP contribution in [0.2, 0.25) is 0 Å². The van der Waals surface area contributed by atoms with E-state index in [4.69, 9.17) is 4.74 Å². The van der Waals surface area contributed by atoms with Crippen LogP contribution >= 0.6 is 0 Å². The molecule has 2 aromatic rings. The van der Waals surface area contributed by atoms with Gasteiger partial charge >= 0.3 is 0 Å². The van der Waals surface area contributed by atoms with E-state index in [-0.39, 0.29) is 11.5 Å². The molecule has 1 aromatic carbocycles. The van der Waals surface area contributed by atoms with Crippen LogP contribution in [0.4, 0.5) is 0 Å². The van der Waals surface area contributed by atoms with Crippen molar-refractivity contribution in [1.29, 1.82) is 0 Å². The molecule has 1 aliphatic rings. The first-order valence-electron chi connectivity index (χ1n) is 6.70. The monoisotopic (exact) mass is 260 g/mol. The third-order valence-electron chi connectivity index (χ3n) is 3.80. The Morgan fingerprint density at radius 3 is 2.74 bits per heavy atom. The predicted molar refractivity (Wildman–Crippen MR) is 74.3 cm³/mol. The van der Waals surface area contributed by atoms with E-state index >= 15 is 0 Å². The van der Waals surface area contributed by atoms with E-state index in [1.54, 1.807) is 0 Å². The van der Waals surface area contributed by atoms with Crippen LogP contribution in [0.5, 0.6) is 0 Å². The van der Waals surface area contributed by atoms with Gasteiger partial charge in [-0.25, -0.2) is 0 Å².